The zero-order chi connectivity index (χ0) is 8.68. The third-order valence-electron chi connectivity index (χ3n) is 5.56. The van der Waals surface area contributed by atoms with Crippen molar-refractivity contribution in [2.45, 2.75) is 57.0 Å². The van der Waals surface area contributed by atoms with Crippen LogP contribution in [0.3, 0.4) is 0 Å². The molecule has 2 saturated heterocycles. The van der Waals surface area contributed by atoms with Gasteiger partial charge >= 0.3 is 0 Å². The van der Waals surface area contributed by atoms with Crippen molar-refractivity contribution in [3.63, 3.8) is 0 Å². The van der Waals surface area contributed by atoms with E-state index in [2.05, 4.69) is 12.2 Å². The van der Waals surface area contributed by atoms with Crippen LogP contribution in [0.15, 0.2) is 0 Å². The minimum Gasteiger partial charge on any atom is -0.307 e. The summed E-state index contributed by atoms with van der Waals surface area (Å²) in [5, 5.41) is 3.85. The van der Waals surface area contributed by atoms with Crippen LogP contribution >= 0.6 is 0 Å². The second kappa shape index (κ2) is 1.84. The van der Waals surface area contributed by atoms with Crippen molar-refractivity contribution in [3.8, 4) is 0 Å². The fourth-order valence-corrected chi connectivity index (χ4v) is 4.99. The Hall–Kier alpha value is -0.0400. The largest absolute Gasteiger partial charge is 0.307 e. The topological polar surface area (TPSA) is 12.0 Å². The van der Waals surface area contributed by atoms with Gasteiger partial charge < -0.3 is 5.32 Å². The minimum atomic E-state index is 0.710. The molecule has 3 saturated carbocycles. The quantitative estimate of drug-likeness (QED) is 0.599. The molecule has 0 aromatic rings. The first kappa shape index (κ1) is 7.28. The highest BCUT2D eigenvalue weighted by Gasteiger charge is 2.79. The van der Waals surface area contributed by atoms with Gasteiger partial charge in [0, 0.05) is 11.6 Å². The second-order valence-electron chi connectivity index (χ2n) is 6.25. The van der Waals surface area contributed by atoms with E-state index in [1.54, 1.807) is 6.42 Å². The van der Waals surface area contributed by atoms with Gasteiger partial charge in [0.05, 0.1) is 0 Å². The summed E-state index contributed by atoms with van der Waals surface area (Å²) in [5.74, 6) is 2.11. The van der Waals surface area contributed by atoms with Gasteiger partial charge in [-0.25, -0.2) is 0 Å². The van der Waals surface area contributed by atoms with Gasteiger partial charge in [-0.3, -0.25) is 0 Å². The molecule has 0 aromatic heterocycles. The summed E-state index contributed by atoms with van der Waals surface area (Å²) in [6, 6.07) is 0.939. The van der Waals surface area contributed by atoms with E-state index >= 15 is 0 Å². The van der Waals surface area contributed by atoms with Crippen molar-refractivity contribution >= 4 is 0 Å². The molecule has 13 heavy (non-hydrogen) atoms. The normalized spacial score (nSPS) is 67.6. The molecule has 5 aliphatic rings. The molecule has 72 valence electrons. The van der Waals surface area contributed by atoms with Gasteiger partial charge in [-0.15, -0.1) is 0 Å². The maximum absolute atomic E-state index is 3.85. The first-order valence-corrected chi connectivity index (χ1v) is 6.03. The van der Waals surface area contributed by atoms with Crippen molar-refractivity contribution < 1.29 is 0 Å². The molecular weight excluding hydrogens is 158 g/mol. The van der Waals surface area contributed by atoms with Crippen LogP contribution in [-0.4, -0.2) is 11.6 Å². The molecule has 2 bridgehead atoms. The molecule has 1 N–H and O–H groups in total. The lowest BCUT2D eigenvalue weighted by Crippen LogP contribution is -2.55. The molecule has 5 rings (SSSR count). The van der Waals surface area contributed by atoms with Crippen LogP contribution < -0.4 is 5.32 Å². The predicted octanol–water partition coefficient (Wildman–Crippen LogP) is 2.32. The molecule has 2 heterocycles. The van der Waals surface area contributed by atoms with E-state index in [4.69, 9.17) is 0 Å². The van der Waals surface area contributed by atoms with E-state index < -0.39 is 0 Å². The van der Waals surface area contributed by atoms with Gasteiger partial charge in [-0.05, 0) is 42.9 Å². The van der Waals surface area contributed by atoms with E-state index in [9.17, 15) is 0 Å². The van der Waals surface area contributed by atoms with Crippen LogP contribution in [0.1, 0.15) is 45.4 Å². The fourth-order valence-electron chi connectivity index (χ4n) is 4.99. The summed E-state index contributed by atoms with van der Waals surface area (Å²) in [6.07, 6.45) is 9.14. The molecule has 1 heteroatoms. The molecular formula is C12H19N. The molecule has 1 nitrogen and oxygen atoms in total. The third kappa shape index (κ3) is 0.643. The van der Waals surface area contributed by atoms with E-state index in [1.165, 1.54) is 32.1 Å². The Morgan fingerprint density at radius 3 is 2.62 bits per heavy atom. The molecule has 2 spiro atoms. The van der Waals surface area contributed by atoms with E-state index in [-0.39, 0.29) is 0 Å². The first-order chi connectivity index (χ1) is 6.25. The second-order valence-corrected chi connectivity index (χ2v) is 6.25. The first-order valence-electron chi connectivity index (χ1n) is 6.03. The average Bonchev–Trinajstić information content (AvgIpc) is 2.66. The SMILES string of the molecule is CC1CCCC2(C1)C1CC3(CC32)N1. The van der Waals surface area contributed by atoms with Crippen molar-refractivity contribution in [1.29, 1.82) is 0 Å². The standard InChI is InChI=1S/C12H19N/c1-8-3-2-4-11(5-8)9-6-12(9)7-10(11)13-12/h8-10,13H,2-7H2,1H3. The van der Waals surface area contributed by atoms with E-state index in [0.29, 0.717) is 5.54 Å². The van der Waals surface area contributed by atoms with Gasteiger partial charge in [0.2, 0.25) is 0 Å². The van der Waals surface area contributed by atoms with Crippen LogP contribution in [0.5, 0.6) is 0 Å². The molecule has 3 aliphatic carbocycles. The smallest absolute Gasteiger partial charge is 0.0237 e. The minimum absolute atomic E-state index is 0.710. The van der Waals surface area contributed by atoms with Crippen molar-refractivity contribution in [3.05, 3.63) is 0 Å². The summed E-state index contributed by atoms with van der Waals surface area (Å²) in [6.45, 7) is 2.46. The number of hydrogen-bond acceptors (Lipinski definition) is 1. The van der Waals surface area contributed by atoms with E-state index in [0.717, 1.165) is 23.3 Å². The van der Waals surface area contributed by atoms with Crippen molar-refractivity contribution in [2.24, 2.45) is 17.3 Å². The summed E-state index contributed by atoms with van der Waals surface area (Å²) >= 11 is 0. The monoisotopic (exact) mass is 177 g/mol. The van der Waals surface area contributed by atoms with E-state index in [1.807, 2.05) is 0 Å². The molecule has 5 fully saturated rings. The Morgan fingerprint density at radius 2 is 2.08 bits per heavy atom. The van der Waals surface area contributed by atoms with Crippen LogP contribution in [0, 0.1) is 17.3 Å². The molecule has 5 unspecified atom stereocenters. The zero-order valence-electron chi connectivity index (χ0n) is 8.47. The lowest BCUT2D eigenvalue weighted by atomic mass is 9.65. The zero-order valence-corrected chi connectivity index (χ0v) is 8.47. The average molecular weight is 177 g/mol. The Morgan fingerprint density at radius 1 is 1.23 bits per heavy atom. The predicted molar refractivity (Wildman–Crippen MR) is 52.4 cm³/mol. The summed E-state index contributed by atoms with van der Waals surface area (Å²) < 4.78 is 0. The van der Waals surface area contributed by atoms with Gasteiger partial charge in [0.25, 0.3) is 0 Å². The Balaban J connectivity index is 1.70. The number of hydrogen-bond donors (Lipinski definition) is 1. The lowest BCUT2D eigenvalue weighted by molar-refractivity contribution is 0.0850. The fraction of sp³-hybridized carbons (Fsp3) is 1.00. The van der Waals surface area contributed by atoms with Gasteiger partial charge in [-0.1, -0.05) is 19.8 Å². The molecule has 5 atom stereocenters. The van der Waals surface area contributed by atoms with Crippen LogP contribution in [0.4, 0.5) is 0 Å². The van der Waals surface area contributed by atoms with Gasteiger partial charge in [0.1, 0.15) is 0 Å². The van der Waals surface area contributed by atoms with Crippen LogP contribution in [0.25, 0.3) is 0 Å². The molecule has 0 aromatic carbocycles. The summed E-state index contributed by atoms with van der Waals surface area (Å²) in [5.41, 5.74) is 1.50. The highest BCUT2D eigenvalue weighted by Crippen LogP contribution is 2.75. The Labute approximate surface area is 80.3 Å². The number of nitrogens with one attached hydrogen (secondary N) is 1. The summed E-state index contributed by atoms with van der Waals surface area (Å²) in [4.78, 5) is 0. The highest BCUT2D eigenvalue weighted by atomic mass is 15.2. The van der Waals surface area contributed by atoms with Gasteiger partial charge in [-0.2, -0.15) is 0 Å². The highest BCUT2D eigenvalue weighted by molar-refractivity contribution is 5.35. The maximum Gasteiger partial charge on any atom is 0.0237 e. The molecule has 2 aliphatic heterocycles. The molecule has 0 amide bonds. The van der Waals surface area contributed by atoms with Crippen LogP contribution in [-0.2, 0) is 0 Å². The van der Waals surface area contributed by atoms with Crippen molar-refractivity contribution in [2.75, 3.05) is 0 Å². The number of piperidine rings is 1. The molecule has 0 radical (unpaired) electrons. The van der Waals surface area contributed by atoms with Gasteiger partial charge in [0.15, 0.2) is 0 Å². The Bertz CT molecular complexity index is 266. The maximum atomic E-state index is 3.85. The lowest BCUT2D eigenvalue weighted by Gasteiger charge is -2.45. The number of rotatable bonds is 0. The summed E-state index contributed by atoms with van der Waals surface area (Å²) in [7, 11) is 0. The van der Waals surface area contributed by atoms with Crippen molar-refractivity contribution in [1.82, 2.24) is 5.32 Å². The van der Waals surface area contributed by atoms with Crippen LogP contribution in [0.2, 0.25) is 0 Å². The Kier molecular flexibility index (Phi) is 1.03. The third-order valence-corrected chi connectivity index (χ3v) is 5.56.